The Balaban J connectivity index is 1.51. The third-order valence-corrected chi connectivity index (χ3v) is 6.88. The molecule has 1 aliphatic rings. The fraction of sp³-hybridized carbons (Fsp3) is 0.105. The smallest absolute Gasteiger partial charge is 0.279 e. The number of amides is 1. The molecule has 8 nitrogen and oxygen atoms in total. The number of rotatable bonds is 6. The molecule has 0 bridgehead atoms. The van der Waals surface area contributed by atoms with Crippen LogP contribution in [-0.2, 0) is 21.2 Å². The molecule has 0 spiro atoms. The molecule has 1 aliphatic heterocycles. The minimum Gasteiger partial charge on any atom is -0.492 e. The van der Waals surface area contributed by atoms with Crippen LogP contribution in [0.1, 0.15) is 10.4 Å². The predicted molar refractivity (Wildman–Crippen MR) is 116 cm³/mol. The van der Waals surface area contributed by atoms with Crippen LogP contribution in [0.4, 0.5) is 5.13 Å². The van der Waals surface area contributed by atoms with Gasteiger partial charge in [-0.25, -0.2) is 18.5 Å². The first-order valence-corrected chi connectivity index (χ1v) is 11.9. The maximum atomic E-state index is 12.4. The minimum atomic E-state index is -3.71. The number of carbonyl (C=O) groups excluding carboxylic acids is 1. The molecule has 1 aromatic heterocycles. The summed E-state index contributed by atoms with van der Waals surface area (Å²) in [6, 6.07) is 11.6. The number of sulfonamides is 1. The maximum absolute atomic E-state index is 12.4. The van der Waals surface area contributed by atoms with Crippen molar-refractivity contribution in [3.63, 3.8) is 0 Å². The van der Waals surface area contributed by atoms with Gasteiger partial charge in [0.2, 0.25) is 15.9 Å². The summed E-state index contributed by atoms with van der Waals surface area (Å²) in [6.07, 6.45) is 0.598. The second kappa shape index (κ2) is 7.91. The molecule has 11 heteroatoms. The van der Waals surface area contributed by atoms with Crippen molar-refractivity contribution in [2.24, 2.45) is 10.1 Å². The summed E-state index contributed by atoms with van der Waals surface area (Å²) in [7, 11) is -3.71. The number of nitrogens with zero attached hydrogens (tertiary/aromatic N) is 2. The van der Waals surface area contributed by atoms with E-state index in [0.717, 1.165) is 10.0 Å². The van der Waals surface area contributed by atoms with E-state index in [0.29, 0.717) is 39.1 Å². The van der Waals surface area contributed by atoms with E-state index >= 15 is 0 Å². The number of carbonyl (C=O) groups is 1. The van der Waals surface area contributed by atoms with Crippen LogP contribution in [0.5, 0.6) is 5.88 Å². The molecule has 0 fully saturated rings. The van der Waals surface area contributed by atoms with Crippen molar-refractivity contribution in [1.82, 2.24) is 4.98 Å². The quantitative estimate of drug-likeness (QED) is 0.460. The Labute approximate surface area is 184 Å². The van der Waals surface area contributed by atoms with Crippen LogP contribution in [0.2, 0.25) is 0 Å². The lowest BCUT2D eigenvalue weighted by Crippen LogP contribution is -2.22. The van der Waals surface area contributed by atoms with Gasteiger partial charge in [0.05, 0.1) is 15.8 Å². The highest BCUT2D eigenvalue weighted by atomic mass is 79.9. The number of thiazole rings is 1. The number of fused-ring (bicyclic) bond motifs is 1. The molecule has 30 heavy (non-hydrogen) atoms. The van der Waals surface area contributed by atoms with Crippen LogP contribution in [0, 0.1) is 0 Å². The summed E-state index contributed by atoms with van der Waals surface area (Å²) in [6.45, 7) is 0.497. The zero-order chi connectivity index (χ0) is 21.5. The van der Waals surface area contributed by atoms with Gasteiger partial charge in [-0.05, 0) is 42.3 Å². The van der Waals surface area contributed by atoms with Crippen molar-refractivity contribution < 1.29 is 18.3 Å². The molecule has 4 rings (SSSR count). The van der Waals surface area contributed by atoms with E-state index < -0.39 is 15.9 Å². The molecule has 0 atom stereocenters. The topological polar surface area (TPSA) is 135 Å². The van der Waals surface area contributed by atoms with Crippen LogP contribution >= 0.6 is 27.3 Å². The Morgan fingerprint density at radius 1 is 1.17 bits per heavy atom. The van der Waals surface area contributed by atoms with Crippen molar-refractivity contribution in [3.8, 4) is 5.88 Å². The Morgan fingerprint density at radius 3 is 2.60 bits per heavy atom. The van der Waals surface area contributed by atoms with E-state index in [9.17, 15) is 18.3 Å². The zero-order valence-corrected chi connectivity index (χ0v) is 18.5. The summed E-state index contributed by atoms with van der Waals surface area (Å²) in [5.41, 5.74) is 1.24. The number of hydrogen-bond donors (Lipinski definition) is 3. The normalized spacial score (nSPS) is 13.3. The molecule has 3 aromatic rings. The van der Waals surface area contributed by atoms with Gasteiger partial charge in [0.15, 0.2) is 5.13 Å². The molecule has 0 saturated heterocycles. The zero-order valence-electron chi connectivity index (χ0n) is 15.3. The highest BCUT2D eigenvalue weighted by Crippen LogP contribution is 2.34. The predicted octanol–water partition coefficient (Wildman–Crippen LogP) is 1.27. The van der Waals surface area contributed by atoms with Crippen molar-refractivity contribution in [1.29, 1.82) is 0 Å². The minimum absolute atomic E-state index is 0.0595. The largest absolute Gasteiger partial charge is 0.492 e. The third-order valence-electron chi connectivity index (χ3n) is 4.44. The molecule has 2 aromatic carbocycles. The van der Waals surface area contributed by atoms with E-state index in [2.05, 4.69) is 31.2 Å². The highest BCUT2D eigenvalue weighted by Gasteiger charge is 2.24. The highest BCUT2D eigenvalue weighted by molar-refractivity contribution is 9.10. The van der Waals surface area contributed by atoms with Crippen LogP contribution in [0.3, 0.4) is 0 Å². The lowest BCUT2D eigenvalue weighted by Gasteiger charge is -2.04. The number of primary sulfonamides is 1. The van der Waals surface area contributed by atoms with Crippen molar-refractivity contribution in [2.75, 3.05) is 11.9 Å². The van der Waals surface area contributed by atoms with Gasteiger partial charge in [0.1, 0.15) is 4.88 Å². The average Bonchev–Trinajstić information content (AvgIpc) is 3.19. The van der Waals surface area contributed by atoms with Gasteiger partial charge in [0, 0.05) is 16.2 Å². The number of hydrogen-bond acceptors (Lipinski definition) is 7. The first-order valence-electron chi connectivity index (χ1n) is 8.71. The maximum Gasteiger partial charge on any atom is 0.279 e. The third kappa shape index (κ3) is 4.15. The second-order valence-corrected chi connectivity index (χ2v) is 9.97. The summed E-state index contributed by atoms with van der Waals surface area (Å²) in [5, 5.41) is 20.2. The lowest BCUT2D eigenvalue weighted by atomic mass is 10.1. The molecular weight excluding hydrogens is 492 g/mol. The van der Waals surface area contributed by atoms with Crippen LogP contribution < -0.4 is 21.0 Å². The average molecular weight is 507 g/mol. The summed E-state index contributed by atoms with van der Waals surface area (Å²) < 4.78 is 23.4. The fourth-order valence-corrected chi connectivity index (χ4v) is 4.83. The van der Waals surface area contributed by atoms with Gasteiger partial charge in [-0.2, -0.15) is 4.98 Å². The van der Waals surface area contributed by atoms with Gasteiger partial charge in [-0.15, -0.1) is 0 Å². The molecule has 0 aliphatic carbocycles. The Bertz CT molecular complexity index is 1380. The van der Waals surface area contributed by atoms with Crippen LogP contribution in [0.25, 0.3) is 5.57 Å². The molecule has 154 valence electrons. The van der Waals surface area contributed by atoms with Gasteiger partial charge in [0.25, 0.3) is 5.91 Å². The summed E-state index contributed by atoms with van der Waals surface area (Å²) >= 11 is 4.56. The van der Waals surface area contributed by atoms with E-state index in [1.807, 2.05) is 0 Å². The van der Waals surface area contributed by atoms with Crippen LogP contribution in [0.15, 0.2) is 56.8 Å². The molecule has 0 saturated carbocycles. The number of aromatic nitrogens is 1. The molecule has 0 radical (unpaired) electrons. The summed E-state index contributed by atoms with van der Waals surface area (Å²) in [4.78, 5) is 20.9. The van der Waals surface area contributed by atoms with Crippen molar-refractivity contribution in [2.45, 2.75) is 11.3 Å². The first kappa shape index (κ1) is 20.7. The van der Waals surface area contributed by atoms with Crippen LogP contribution in [-0.4, -0.2) is 31.0 Å². The van der Waals surface area contributed by atoms with Gasteiger partial charge < -0.3 is 10.4 Å². The molecule has 4 N–H and O–H groups in total. The molecule has 2 heterocycles. The van der Waals surface area contributed by atoms with E-state index in [1.54, 1.807) is 30.3 Å². The number of nitrogens with two attached hydrogens (primary N) is 1. The standard InChI is InChI=1S/C19H15BrN4O4S2/c20-11-3-6-14-13(9-11)15(17(25)23-14)16-18(26)24-19(29-16)22-8-7-10-1-4-12(5-2-10)30(21,27)28/h1-6,9,26H,7-8H2,(H,22,24)(H2,21,27,28). The molecule has 0 unspecified atom stereocenters. The Kier molecular flexibility index (Phi) is 5.45. The lowest BCUT2D eigenvalue weighted by molar-refractivity contribution is -0.112. The number of benzene rings is 2. The van der Waals surface area contributed by atoms with E-state index in [-0.39, 0.29) is 10.8 Å². The Morgan fingerprint density at radius 2 is 1.90 bits per heavy atom. The summed E-state index contributed by atoms with van der Waals surface area (Å²) in [5.74, 6) is -0.644. The van der Waals surface area contributed by atoms with Crippen molar-refractivity contribution in [3.05, 3.63) is 68.0 Å². The van der Waals surface area contributed by atoms with E-state index in [1.165, 1.54) is 23.5 Å². The molecule has 1 amide bonds. The Hall–Kier alpha value is -2.60. The number of nitrogens with one attached hydrogen (secondary N) is 1. The first-order chi connectivity index (χ1) is 14.2. The van der Waals surface area contributed by atoms with Gasteiger partial charge in [-0.3, -0.25) is 4.79 Å². The number of halogens is 1. The second-order valence-electron chi connectivity index (χ2n) is 6.49. The fourth-order valence-electron chi connectivity index (χ4n) is 3.02. The molecular formula is C19H15BrN4O4S2. The SMILES string of the molecule is NS(=O)(=O)c1ccc(CCNc2nc(O)c(C3=c4cc(Br)ccc4=NC3=O)s2)cc1. The van der Waals surface area contributed by atoms with Gasteiger partial charge >= 0.3 is 0 Å². The number of aromatic hydroxyl groups is 1. The van der Waals surface area contributed by atoms with Gasteiger partial charge in [-0.1, -0.05) is 39.4 Å². The van der Waals surface area contributed by atoms with Crippen molar-refractivity contribution >= 4 is 53.9 Å². The van der Waals surface area contributed by atoms with E-state index in [4.69, 9.17) is 5.14 Å². The number of anilines is 1. The monoisotopic (exact) mass is 506 g/mol.